The van der Waals surface area contributed by atoms with Gasteiger partial charge in [-0.2, -0.15) is 0 Å². The Balaban J connectivity index is 2.94. The van der Waals surface area contributed by atoms with Crippen molar-refractivity contribution in [3.05, 3.63) is 35.4 Å². The average Bonchev–Trinajstić information content (AvgIpc) is 2.35. The minimum absolute atomic E-state index is 0.0243. The molecule has 0 aliphatic rings. The first-order chi connectivity index (χ1) is 8.51. The van der Waals surface area contributed by atoms with Crippen LogP contribution in [-0.4, -0.2) is 13.2 Å². The minimum atomic E-state index is 0.0243. The minimum Gasteiger partial charge on any atom is -0.379 e. The van der Waals surface area contributed by atoms with Crippen LogP contribution in [0.25, 0.3) is 0 Å². The zero-order valence-electron chi connectivity index (χ0n) is 12.1. The van der Waals surface area contributed by atoms with Crippen molar-refractivity contribution in [3.8, 4) is 0 Å². The van der Waals surface area contributed by atoms with E-state index in [1.807, 2.05) is 0 Å². The third kappa shape index (κ3) is 3.55. The Morgan fingerprint density at radius 2 is 1.50 bits per heavy atom. The molecule has 0 aromatic heterocycles. The van der Waals surface area contributed by atoms with Gasteiger partial charge in [-0.3, -0.25) is 11.3 Å². The molecule has 0 saturated carbocycles. The molecule has 0 saturated heterocycles. The summed E-state index contributed by atoms with van der Waals surface area (Å²) < 4.78 is 5.55. The monoisotopic (exact) mass is 250 g/mol. The van der Waals surface area contributed by atoms with Crippen LogP contribution in [0, 0.1) is 5.92 Å². The molecule has 1 aromatic carbocycles. The maximum Gasteiger partial charge on any atom is 0.0801 e. The van der Waals surface area contributed by atoms with Crippen LogP contribution in [0.4, 0.5) is 0 Å². The van der Waals surface area contributed by atoms with Gasteiger partial charge in [-0.05, 0) is 23.0 Å². The van der Waals surface area contributed by atoms with Crippen LogP contribution >= 0.6 is 0 Å². The molecule has 2 atom stereocenters. The zero-order chi connectivity index (χ0) is 13.7. The Labute approximate surface area is 111 Å². The van der Waals surface area contributed by atoms with Gasteiger partial charge >= 0.3 is 0 Å². The lowest BCUT2D eigenvalue weighted by atomic mass is 9.92. The molecule has 0 fully saturated rings. The predicted molar refractivity (Wildman–Crippen MR) is 76.2 cm³/mol. The highest BCUT2D eigenvalue weighted by molar-refractivity contribution is 5.27. The van der Waals surface area contributed by atoms with E-state index in [1.165, 1.54) is 11.1 Å². The number of hydrogen-bond donors (Lipinski definition) is 2. The first-order valence-corrected chi connectivity index (χ1v) is 6.60. The van der Waals surface area contributed by atoms with Gasteiger partial charge in [-0.15, -0.1) is 0 Å². The molecule has 2 unspecified atom stereocenters. The van der Waals surface area contributed by atoms with Gasteiger partial charge in [0.15, 0.2) is 0 Å². The van der Waals surface area contributed by atoms with Gasteiger partial charge in [0.1, 0.15) is 0 Å². The average molecular weight is 250 g/mol. The molecule has 0 radical (unpaired) electrons. The van der Waals surface area contributed by atoms with E-state index in [9.17, 15) is 0 Å². The second kappa shape index (κ2) is 6.88. The summed E-state index contributed by atoms with van der Waals surface area (Å²) in [6.07, 6.45) is 0.0694. The van der Waals surface area contributed by atoms with Gasteiger partial charge in [0.2, 0.25) is 0 Å². The molecule has 0 bridgehead atoms. The number of nitrogens with one attached hydrogen (secondary N) is 1. The Morgan fingerprint density at radius 1 is 1.00 bits per heavy atom. The lowest BCUT2D eigenvalue weighted by Crippen LogP contribution is -2.40. The topological polar surface area (TPSA) is 47.3 Å². The zero-order valence-corrected chi connectivity index (χ0v) is 12.1. The van der Waals surface area contributed by atoms with Gasteiger partial charge < -0.3 is 4.74 Å². The van der Waals surface area contributed by atoms with Gasteiger partial charge in [0, 0.05) is 7.11 Å². The Bertz CT molecular complexity index is 346. The van der Waals surface area contributed by atoms with Crippen molar-refractivity contribution >= 4 is 0 Å². The van der Waals surface area contributed by atoms with Crippen LogP contribution in [0.3, 0.4) is 0 Å². The molecule has 102 valence electrons. The Hall–Kier alpha value is -0.900. The van der Waals surface area contributed by atoms with Crippen LogP contribution in [0.15, 0.2) is 24.3 Å². The summed E-state index contributed by atoms with van der Waals surface area (Å²) in [6, 6.07) is 8.62. The molecule has 1 aromatic rings. The van der Waals surface area contributed by atoms with Crippen molar-refractivity contribution in [2.45, 2.75) is 45.8 Å². The van der Waals surface area contributed by atoms with E-state index in [4.69, 9.17) is 10.6 Å². The molecule has 18 heavy (non-hydrogen) atoms. The molecule has 0 amide bonds. The first-order valence-electron chi connectivity index (χ1n) is 6.60. The van der Waals surface area contributed by atoms with Crippen molar-refractivity contribution in [2.75, 3.05) is 7.11 Å². The van der Waals surface area contributed by atoms with Crippen LogP contribution in [0.2, 0.25) is 0 Å². The van der Waals surface area contributed by atoms with Gasteiger partial charge in [-0.25, -0.2) is 0 Å². The molecule has 0 aliphatic carbocycles. The second-order valence-electron chi connectivity index (χ2n) is 5.41. The molecule has 0 spiro atoms. The normalized spacial score (nSPS) is 15.1. The molecule has 3 heteroatoms. The second-order valence-corrected chi connectivity index (χ2v) is 5.41. The van der Waals surface area contributed by atoms with E-state index in [0.717, 1.165) is 0 Å². The van der Waals surface area contributed by atoms with Crippen molar-refractivity contribution in [3.63, 3.8) is 0 Å². The molecule has 3 nitrogen and oxygen atoms in total. The summed E-state index contributed by atoms with van der Waals surface area (Å²) in [7, 11) is 1.73. The summed E-state index contributed by atoms with van der Waals surface area (Å²) in [5.74, 6) is 6.64. The van der Waals surface area contributed by atoms with Crippen LogP contribution < -0.4 is 11.3 Å². The third-order valence-corrected chi connectivity index (χ3v) is 3.40. The van der Waals surface area contributed by atoms with Crippen LogP contribution in [0.1, 0.15) is 50.8 Å². The van der Waals surface area contributed by atoms with E-state index in [-0.39, 0.29) is 12.1 Å². The molecular formula is C15H26N2O. The fraction of sp³-hybridized carbons (Fsp3) is 0.600. The SMILES string of the molecule is COC(C(C)C)C(NN)c1ccc(C(C)C)cc1. The quantitative estimate of drug-likeness (QED) is 0.603. The maximum absolute atomic E-state index is 5.69. The lowest BCUT2D eigenvalue weighted by molar-refractivity contribution is 0.0326. The maximum atomic E-state index is 5.69. The number of hydrogen-bond acceptors (Lipinski definition) is 3. The van der Waals surface area contributed by atoms with Crippen molar-refractivity contribution in [2.24, 2.45) is 11.8 Å². The van der Waals surface area contributed by atoms with E-state index >= 15 is 0 Å². The van der Waals surface area contributed by atoms with E-state index in [2.05, 4.69) is 57.4 Å². The lowest BCUT2D eigenvalue weighted by Gasteiger charge is -2.29. The molecule has 1 rings (SSSR count). The Kier molecular flexibility index (Phi) is 5.79. The molecule has 0 aliphatic heterocycles. The van der Waals surface area contributed by atoms with Crippen molar-refractivity contribution < 1.29 is 4.74 Å². The van der Waals surface area contributed by atoms with Crippen molar-refractivity contribution in [1.29, 1.82) is 0 Å². The largest absolute Gasteiger partial charge is 0.379 e. The number of hydrazine groups is 1. The summed E-state index contributed by atoms with van der Waals surface area (Å²) >= 11 is 0. The van der Waals surface area contributed by atoms with E-state index < -0.39 is 0 Å². The summed E-state index contributed by atoms with van der Waals surface area (Å²) in [4.78, 5) is 0. The summed E-state index contributed by atoms with van der Waals surface area (Å²) in [5, 5.41) is 0. The van der Waals surface area contributed by atoms with Gasteiger partial charge in [-0.1, -0.05) is 52.0 Å². The Morgan fingerprint density at radius 3 is 1.83 bits per heavy atom. The third-order valence-electron chi connectivity index (χ3n) is 3.40. The standard InChI is InChI=1S/C15H26N2O/c1-10(2)12-6-8-13(9-7-12)14(17-16)15(18-5)11(3)4/h6-11,14-15,17H,16H2,1-5H3. The number of rotatable bonds is 6. The fourth-order valence-electron chi connectivity index (χ4n) is 2.26. The van der Waals surface area contributed by atoms with E-state index in [0.29, 0.717) is 11.8 Å². The highest BCUT2D eigenvalue weighted by Gasteiger charge is 2.24. The molecule has 3 N–H and O–H groups in total. The fourth-order valence-corrected chi connectivity index (χ4v) is 2.26. The number of ether oxygens (including phenoxy) is 1. The summed E-state index contributed by atoms with van der Waals surface area (Å²) in [6.45, 7) is 8.67. The van der Waals surface area contributed by atoms with Crippen molar-refractivity contribution in [1.82, 2.24) is 5.43 Å². The molecular weight excluding hydrogens is 224 g/mol. The first kappa shape index (κ1) is 15.2. The van der Waals surface area contributed by atoms with E-state index in [1.54, 1.807) is 7.11 Å². The number of nitrogens with two attached hydrogens (primary N) is 1. The molecule has 0 heterocycles. The summed E-state index contributed by atoms with van der Waals surface area (Å²) in [5.41, 5.74) is 5.38. The number of benzene rings is 1. The van der Waals surface area contributed by atoms with Gasteiger partial charge in [0.05, 0.1) is 12.1 Å². The highest BCUT2D eigenvalue weighted by Crippen LogP contribution is 2.25. The van der Waals surface area contributed by atoms with Crippen LogP contribution in [-0.2, 0) is 4.74 Å². The van der Waals surface area contributed by atoms with Crippen LogP contribution in [0.5, 0.6) is 0 Å². The number of methoxy groups -OCH3 is 1. The smallest absolute Gasteiger partial charge is 0.0801 e. The predicted octanol–water partition coefficient (Wildman–Crippen LogP) is 2.99. The van der Waals surface area contributed by atoms with Gasteiger partial charge in [0.25, 0.3) is 0 Å². The highest BCUT2D eigenvalue weighted by atomic mass is 16.5.